The Balaban J connectivity index is 0.000000868. The van der Waals surface area contributed by atoms with E-state index in [2.05, 4.69) is 46.5 Å². The summed E-state index contributed by atoms with van der Waals surface area (Å²) in [6, 6.07) is 2.31. The number of urea groups is 2. The number of nitrogens with one attached hydrogen (secondary N) is 7. The van der Waals surface area contributed by atoms with Gasteiger partial charge in [-0.05, 0) is 79.1 Å². The number of rotatable bonds is 55. The number of hydrogen-bond donors (Lipinski definition) is 7. The molecule has 0 spiro atoms. The van der Waals surface area contributed by atoms with E-state index in [1.165, 1.54) is 102 Å². The number of aromatic amines is 2. The minimum Gasteiger partial charge on any atom is -0.466 e. The molecule has 0 saturated carbocycles. The maximum absolute atomic E-state index is 12.2. The predicted octanol–water partition coefficient (Wildman–Crippen LogP) is 12.6. The molecule has 21 nitrogen and oxygen atoms in total. The fourth-order valence-corrected chi connectivity index (χ4v) is 9.59. The van der Waals surface area contributed by atoms with Gasteiger partial charge in [0.05, 0.1) is 32.8 Å². The second-order valence-corrected chi connectivity index (χ2v) is 22.4. The van der Waals surface area contributed by atoms with Gasteiger partial charge >= 0.3 is 24.1 Å². The fraction of sp³-hybridized carbons (Fsp3) is 0.785. The number of hydrogen-bond acceptors (Lipinski definition) is 14. The molecule has 86 heavy (non-hydrogen) atoms. The molecule has 0 unspecified atom stereocenters. The zero-order valence-electron chi connectivity index (χ0n) is 53.7. The number of esters is 1. The zero-order valence-corrected chi connectivity index (χ0v) is 53.7. The van der Waals surface area contributed by atoms with Crippen molar-refractivity contribution in [1.82, 2.24) is 41.2 Å². The number of amides is 5. The first-order valence-electron chi connectivity index (χ1n) is 33.3. The topological polar surface area (TPSA) is 291 Å². The summed E-state index contributed by atoms with van der Waals surface area (Å²) in [6.45, 7) is 12.7. The first-order chi connectivity index (χ1) is 41.8. The van der Waals surface area contributed by atoms with Crippen molar-refractivity contribution in [2.24, 2.45) is 0 Å². The van der Waals surface area contributed by atoms with Gasteiger partial charge in [-0.1, -0.05) is 154 Å². The predicted molar refractivity (Wildman–Crippen MR) is 341 cm³/mol. The van der Waals surface area contributed by atoms with Crippen molar-refractivity contribution in [3.63, 3.8) is 0 Å². The Morgan fingerprint density at radius 2 is 0.791 bits per heavy atom. The second kappa shape index (κ2) is 57.1. The molecule has 21 heteroatoms. The van der Waals surface area contributed by atoms with Crippen LogP contribution in [0.3, 0.4) is 0 Å². The minimum atomic E-state index is -0.388. The van der Waals surface area contributed by atoms with Crippen LogP contribution >= 0.6 is 0 Å². The summed E-state index contributed by atoms with van der Waals surface area (Å²) >= 11 is 0. The Morgan fingerprint density at radius 1 is 0.407 bits per heavy atom. The quantitative estimate of drug-likeness (QED) is 0.0239. The molecule has 0 fully saturated rings. The Hall–Kier alpha value is -5.70. The number of ketones is 2. The molecule has 492 valence electrons. The number of anilines is 1. The third kappa shape index (κ3) is 52.6. The van der Waals surface area contributed by atoms with E-state index in [-0.39, 0.29) is 60.0 Å². The number of unbranched alkanes of at least 4 members (excludes halogenated alkanes) is 28. The molecule has 0 bridgehead atoms. The monoisotopic (exact) mass is 1210 g/mol. The van der Waals surface area contributed by atoms with E-state index in [0.717, 1.165) is 122 Å². The highest BCUT2D eigenvalue weighted by molar-refractivity contribution is 5.87. The first-order valence-corrected chi connectivity index (χ1v) is 33.3. The molecular weight excluding hydrogens is 1100 g/mol. The number of Topliss-reactive ketones (excluding diaryl/α,β-unsaturated/α-hetero) is 2. The lowest BCUT2D eigenvalue weighted by atomic mass is 10.0. The van der Waals surface area contributed by atoms with Crippen LogP contribution in [0.4, 0.5) is 20.3 Å². The third-order valence-corrected chi connectivity index (χ3v) is 14.3. The highest BCUT2D eigenvalue weighted by Crippen LogP contribution is 2.15. The molecule has 0 radical (unpaired) electrons. The molecule has 2 aromatic rings. The summed E-state index contributed by atoms with van der Waals surface area (Å²) in [4.78, 5) is 107. The largest absolute Gasteiger partial charge is 0.466 e. The standard InChI is InChI=1S/C34H61N5O7.C31H54N4O5/c1-3-44-24-25-45-26-27-46-34(43)36-23-19-14-10-8-6-4-5-7-9-12-16-20-30(40)21-17-13-11-15-18-22-35-33(42)39-32-37-29(2)28-31(41)38-32;1-3-40-30(38)21-17-13-9-7-5-4-6-8-10-14-18-22-32-31(39)33-23-19-15-11-12-16-20-27(36)25-28-34-26(2)24-29(37)35-28/h28H,3-27H2,1-2H3,(H,36,43)(H3,35,37,38,39,41,42);24H,3-23,25H2,1-2H3,(H2,32,33,39)(H,34,35,37). The Morgan fingerprint density at radius 3 is 1.24 bits per heavy atom. The molecule has 2 heterocycles. The molecule has 0 saturated heterocycles. The molecule has 0 atom stereocenters. The average Bonchev–Trinajstić information content (AvgIpc) is 3.67. The summed E-state index contributed by atoms with van der Waals surface area (Å²) < 4.78 is 20.5. The number of carbonyl (C=O) groups excluding carboxylic acids is 6. The van der Waals surface area contributed by atoms with Crippen molar-refractivity contribution in [3.05, 3.63) is 50.1 Å². The van der Waals surface area contributed by atoms with Gasteiger partial charge < -0.3 is 45.2 Å². The van der Waals surface area contributed by atoms with Crippen LogP contribution in [0.25, 0.3) is 0 Å². The van der Waals surface area contributed by atoms with Crippen LogP contribution in [-0.4, -0.2) is 121 Å². The molecule has 5 amide bonds. The molecule has 2 aromatic heterocycles. The number of ether oxygens (including phenoxy) is 4. The van der Waals surface area contributed by atoms with Crippen LogP contribution in [0.1, 0.15) is 262 Å². The van der Waals surface area contributed by atoms with Gasteiger partial charge in [-0.2, -0.15) is 0 Å². The summed E-state index contributed by atoms with van der Waals surface area (Å²) in [5, 5.41) is 13.9. The first kappa shape index (κ1) is 78.3. The Labute approximate surface area is 515 Å². The highest BCUT2D eigenvalue weighted by atomic mass is 16.6. The lowest BCUT2D eigenvalue weighted by Crippen LogP contribution is -2.36. The van der Waals surface area contributed by atoms with Crippen molar-refractivity contribution in [1.29, 1.82) is 0 Å². The molecule has 2 rings (SSSR count). The van der Waals surface area contributed by atoms with Gasteiger partial charge in [0, 0.05) is 82.0 Å². The molecule has 7 N–H and O–H groups in total. The van der Waals surface area contributed by atoms with Crippen LogP contribution in [-0.2, 0) is 39.8 Å². The highest BCUT2D eigenvalue weighted by Gasteiger charge is 2.09. The maximum atomic E-state index is 12.2. The maximum Gasteiger partial charge on any atom is 0.407 e. The summed E-state index contributed by atoms with van der Waals surface area (Å²) in [6.07, 6.45) is 37.8. The van der Waals surface area contributed by atoms with Crippen LogP contribution < -0.4 is 37.7 Å². The van der Waals surface area contributed by atoms with E-state index in [9.17, 15) is 38.4 Å². The van der Waals surface area contributed by atoms with Crippen molar-refractivity contribution >= 4 is 41.6 Å². The van der Waals surface area contributed by atoms with E-state index < -0.39 is 0 Å². The number of H-pyrrole nitrogens is 2. The van der Waals surface area contributed by atoms with Gasteiger partial charge in [0.2, 0.25) is 5.95 Å². The van der Waals surface area contributed by atoms with Crippen molar-refractivity contribution < 1.29 is 47.7 Å². The van der Waals surface area contributed by atoms with E-state index in [4.69, 9.17) is 18.9 Å². The Kier molecular flexibility index (Phi) is 52.0. The summed E-state index contributed by atoms with van der Waals surface area (Å²) in [5.41, 5.74) is 0.645. The summed E-state index contributed by atoms with van der Waals surface area (Å²) in [5.74, 6) is 0.991. The van der Waals surface area contributed by atoms with Crippen LogP contribution in [0, 0.1) is 13.8 Å². The van der Waals surface area contributed by atoms with Gasteiger partial charge in [-0.25, -0.2) is 24.4 Å². The molecule has 0 aliphatic heterocycles. The third-order valence-electron chi connectivity index (χ3n) is 14.3. The van der Waals surface area contributed by atoms with Gasteiger partial charge in [0.1, 0.15) is 24.0 Å². The molecule has 0 aliphatic carbocycles. The van der Waals surface area contributed by atoms with Gasteiger partial charge in [-0.3, -0.25) is 34.3 Å². The van der Waals surface area contributed by atoms with Crippen LogP contribution in [0.15, 0.2) is 21.7 Å². The fourth-order valence-electron chi connectivity index (χ4n) is 9.59. The molecular formula is C65H115N9O12. The van der Waals surface area contributed by atoms with Gasteiger partial charge in [0.25, 0.3) is 11.1 Å². The van der Waals surface area contributed by atoms with Crippen LogP contribution in [0.5, 0.6) is 0 Å². The van der Waals surface area contributed by atoms with E-state index in [1.807, 2.05) is 13.8 Å². The molecule has 0 aromatic carbocycles. The minimum absolute atomic E-state index is 0.0707. The lowest BCUT2D eigenvalue weighted by Gasteiger charge is -2.08. The molecule has 0 aliphatic rings. The number of nitrogens with zero attached hydrogens (tertiary/aromatic N) is 2. The lowest BCUT2D eigenvalue weighted by molar-refractivity contribution is -0.143. The number of carbonyl (C=O) groups is 6. The van der Waals surface area contributed by atoms with Gasteiger partial charge in [0.15, 0.2) is 0 Å². The summed E-state index contributed by atoms with van der Waals surface area (Å²) in [7, 11) is 0. The number of alkyl carbamates (subject to hydrolysis) is 1. The SMILES string of the molecule is CCOC(=O)CCCCCCCCCCCCCNC(=O)NCCCCCCCC(=O)Cc1nc(C)cc(=O)[nH]1.CCOCCOCCOC(=O)NCCCCCCCCCCCCCC(=O)CCCCCCCNC(=O)Nc1nc(C)cc(=O)[nH]1. The number of aromatic nitrogens is 4. The van der Waals surface area contributed by atoms with Crippen molar-refractivity contribution in [2.75, 3.05) is 71.1 Å². The smallest absolute Gasteiger partial charge is 0.407 e. The van der Waals surface area contributed by atoms with Crippen LogP contribution in [0.2, 0.25) is 0 Å². The van der Waals surface area contributed by atoms with Crippen molar-refractivity contribution in [3.8, 4) is 0 Å². The van der Waals surface area contributed by atoms with Crippen molar-refractivity contribution in [2.45, 2.75) is 265 Å². The normalized spacial score (nSPS) is 10.9. The van der Waals surface area contributed by atoms with E-state index >= 15 is 0 Å². The average molecular weight is 1210 g/mol. The van der Waals surface area contributed by atoms with E-state index in [1.54, 1.807) is 13.8 Å². The van der Waals surface area contributed by atoms with Gasteiger partial charge in [-0.15, -0.1) is 0 Å². The zero-order chi connectivity index (χ0) is 62.8. The van der Waals surface area contributed by atoms with E-state index in [0.29, 0.717) is 101 Å². The number of aryl methyl sites for hydroxylation is 2. The Bertz CT molecular complexity index is 2170. The second-order valence-electron chi connectivity index (χ2n) is 22.4.